The molecule has 0 atom stereocenters. The van der Waals surface area contributed by atoms with Gasteiger partial charge in [0.2, 0.25) is 0 Å². The molecular weight excluding hydrogens is 226 g/mol. The average Bonchev–Trinajstić information content (AvgIpc) is 3.05. The molecule has 5 nitrogen and oxygen atoms in total. The van der Waals surface area contributed by atoms with Crippen molar-refractivity contribution in [1.82, 2.24) is 25.2 Å². The maximum absolute atomic E-state index is 4.17. The molecular formula is C13H25N5. The summed E-state index contributed by atoms with van der Waals surface area (Å²) in [6.45, 7) is 7.26. The molecule has 5 heteroatoms. The van der Waals surface area contributed by atoms with Gasteiger partial charge in [0.25, 0.3) is 0 Å². The first-order chi connectivity index (χ1) is 8.78. The summed E-state index contributed by atoms with van der Waals surface area (Å²) in [7, 11) is 2.19. The molecule has 0 radical (unpaired) electrons. The molecule has 1 N–H and O–H groups in total. The third kappa shape index (κ3) is 4.74. The molecule has 0 aliphatic heterocycles. The van der Waals surface area contributed by atoms with Gasteiger partial charge >= 0.3 is 0 Å². The molecule has 0 bridgehead atoms. The molecule has 1 fully saturated rings. The van der Waals surface area contributed by atoms with E-state index < -0.39 is 0 Å². The van der Waals surface area contributed by atoms with Gasteiger partial charge in [-0.3, -0.25) is 4.68 Å². The monoisotopic (exact) mass is 251 g/mol. The Morgan fingerprint density at radius 2 is 2.33 bits per heavy atom. The minimum Gasteiger partial charge on any atom is -0.311 e. The molecule has 0 unspecified atom stereocenters. The molecule has 1 aromatic heterocycles. The van der Waals surface area contributed by atoms with Crippen LogP contribution in [-0.2, 0) is 13.1 Å². The SMILES string of the molecule is CCCNCc1cn(CCN(C)CC2CC2)nn1. The smallest absolute Gasteiger partial charge is 0.0964 e. The van der Waals surface area contributed by atoms with Gasteiger partial charge in [0.05, 0.1) is 12.2 Å². The highest BCUT2D eigenvalue weighted by Gasteiger charge is 2.22. The van der Waals surface area contributed by atoms with Crippen molar-refractivity contribution >= 4 is 0 Å². The summed E-state index contributed by atoms with van der Waals surface area (Å²) in [6.07, 6.45) is 6.04. The van der Waals surface area contributed by atoms with Crippen LogP contribution in [0.15, 0.2) is 6.20 Å². The van der Waals surface area contributed by atoms with Crippen LogP contribution in [0.5, 0.6) is 0 Å². The van der Waals surface area contributed by atoms with E-state index in [1.165, 1.54) is 19.4 Å². The van der Waals surface area contributed by atoms with E-state index in [2.05, 4.69) is 34.5 Å². The van der Waals surface area contributed by atoms with Crippen molar-refractivity contribution < 1.29 is 0 Å². The molecule has 0 saturated heterocycles. The van der Waals surface area contributed by atoms with Gasteiger partial charge < -0.3 is 10.2 Å². The minimum absolute atomic E-state index is 0.825. The molecule has 2 rings (SSSR count). The third-order valence-electron chi connectivity index (χ3n) is 3.30. The molecule has 0 amide bonds. The van der Waals surface area contributed by atoms with E-state index in [0.29, 0.717) is 0 Å². The summed E-state index contributed by atoms with van der Waals surface area (Å²) < 4.78 is 1.95. The summed E-state index contributed by atoms with van der Waals surface area (Å²) in [5.74, 6) is 0.958. The summed E-state index contributed by atoms with van der Waals surface area (Å²) in [5, 5.41) is 11.7. The zero-order chi connectivity index (χ0) is 12.8. The highest BCUT2D eigenvalue weighted by Crippen LogP contribution is 2.29. The van der Waals surface area contributed by atoms with Crippen molar-refractivity contribution in [3.8, 4) is 0 Å². The first-order valence-electron chi connectivity index (χ1n) is 7.06. The van der Waals surface area contributed by atoms with E-state index in [-0.39, 0.29) is 0 Å². The number of nitrogens with one attached hydrogen (secondary N) is 1. The van der Waals surface area contributed by atoms with Gasteiger partial charge in [-0.1, -0.05) is 12.1 Å². The molecule has 1 aliphatic carbocycles. The second kappa shape index (κ2) is 6.85. The van der Waals surface area contributed by atoms with Crippen molar-refractivity contribution in [3.05, 3.63) is 11.9 Å². The quantitative estimate of drug-likeness (QED) is 0.668. The maximum Gasteiger partial charge on any atom is 0.0964 e. The predicted molar refractivity (Wildman–Crippen MR) is 72.2 cm³/mol. The van der Waals surface area contributed by atoms with E-state index in [0.717, 1.165) is 44.2 Å². The van der Waals surface area contributed by atoms with Crippen LogP contribution in [0.3, 0.4) is 0 Å². The number of likely N-dealkylation sites (N-methyl/N-ethyl adjacent to an activating group) is 1. The average molecular weight is 251 g/mol. The van der Waals surface area contributed by atoms with Crippen LogP contribution in [0, 0.1) is 5.92 Å². The van der Waals surface area contributed by atoms with Gasteiger partial charge in [-0.05, 0) is 38.8 Å². The summed E-state index contributed by atoms with van der Waals surface area (Å²) in [6, 6.07) is 0. The fraction of sp³-hybridized carbons (Fsp3) is 0.846. The Labute approximate surface area is 110 Å². The van der Waals surface area contributed by atoms with Gasteiger partial charge in [-0.2, -0.15) is 0 Å². The molecule has 0 spiro atoms. The van der Waals surface area contributed by atoms with Crippen molar-refractivity contribution in [2.24, 2.45) is 5.92 Å². The van der Waals surface area contributed by atoms with E-state index in [4.69, 9.17) is 0 Å². The summed E-state index contributed by atoms with van der Waals surface area (Å²) >= 11 is 0. The highest BCUT2D eigenvalue weighted by atomic mass is 15.4. The van der Waals surface area contributed by atoms with Crippen LogP contribution in [-0.4, -0.2) is 46.6 Å². The van der Waals surface area contributed by atoms with Crippen molar-refractivity contribution in [2.45, 2.75) is 39.3 Å². The van der Waals surface area contributed by atoms with E-state index in [9.17, 15) is 0 Å². The fourth-order valence-electron chi connectivity index (χ4n) is 2.03. The Kier molecular flexibility index (Phi) is 5.13. The Bertz CT molecular complexity index is 345. The van der Waals surface area contributed by atoms with Gasteiger partial charge in [0.1, 0.15) is 0 Å². The lowest BCUT2D eigenvalue weighted by atomic mass is 10.4. The van der Waals surface area contributed by atoms with Gasteiger partial charge in [-0.25, -0.2) is 0 Å². The first kappa shape index (κ1) is 13.5. The highest BCUT2D eigenvalue weighted by molar-refractivity contribution is 4.91. The predicted octanol–water partition coefficient (Wildman–Crippen LogP) is 1.12. The molecule has 1 aliphatic rings. The van der Waals surface area contributed by atoms with Crippen LogP contribution in [0.1, 0.15) is 31.9 Å². The van der Waals surface area contributed by atoms with Crippen LogP contribution in [0.25, 0.3) is 0 Å². The zero-order valence-electron chi connectivity index (χ0n) is 11.6. The maximum atomic E-state index is 4.17. The van der Waals surface area contributed by atoms with E-state index in [1.807, 2.05) is 10.9 Å². The van der Waals surface area contributed by atoms with Gasteiger partial charge in [-0.15, -0.1) is 5.10 Å². The number of rotatable bonds is 9. The number of nitrogens with zero attached hydrogens (tertiary/aromatic N) is 4. The van der Waals surface area contributed by atoms with Crippen LogP contribution < -0.4 is 5.32 Å². The van der Waals surface area contributed by atoms with Crippen LogP contribution >= 0.6 is 0 Å². The molecule has 18 heavy (non-hydrogen) atoms. The standard InChI is InChI=1S/C13H25N5/c1-3-6-14-9-13-11-18(16-15-13)8-7-17(2)10-12-4-5-12/h11-12,14H,3-10H2,1-2H3. The van der Waals surface area contributed by atoms with E-state index >= 15 is 0 Å². The fourth-order valence-corrected chi connectivity index (χ4v) is 2.03. The Hall–Kier alpha value is -0.940. The first-order valence-corrected chi connectivity index (χ1v) is 7.06. The topological polar surface area (TPSA) is 46.0 Å². The molecule has 1 heterocycles. The summed E-state index contributed by atoms with van der Waals surface area (Å²) in [5.41, 5.74) is 1.04. The van der Waals surface area contributed by atoms with Crippen LogP contribution in [0.2, 0.25) is 0 Å². The lowest BCUT2D eigenvalue weighted by Crippen LogP contribution is -2.25. The Morgan fingerprint density at radius 3 is 3.06 bits per heavy atom. The normalized spacial score (nSPS) is 15.5. The zero-order valence-corrected chi connectivity index (χ0v) is 11.6. The van der Waals surface area contributed by atoms with Crippen molar-refractivity contribution in [2.75, 3.05) is 26.7 Å². The Morgan fingerprint density at radius 1 is 1.50 bits per heavy atom. The van der Waals surface area contributed by atoms with E-state index in [1.54, 1.807) is 0 Å². The largest absolute Gasteiger partial charge is 0.311 e. The molecule has 1 saturated carbocycles. The van der Waals surface area contributed by atoms with Crippen LogP contribution in [0.4, 0.5) is 0 Å². The van der Waals surface area contributed by atoms with Gasteiger partial charge in [0, 0.05) is 25.8 Å². The third-order valence-corrected chi connectivity index (χ3v) is 3.30. The van der Waals surface area contributed by atoms with Crippen molar-refractivity contribution in [1.29, 1.82) is 0 Å². The number of hydrogen-bond donors (Lipinski definition) is 1. The number of hydrogen-bond acceptors (Lipinski definition) is 4. The molecule has 1 aromatic rings. The Balaban J connectivity index is 1.65. The minimum atomic E-state index is 0.825. The number of aromatic nitrogens is 3. The molecule has 102 valence electrons. The second-order valence-corrected chi connectivity index (χ2v) is 5.36. The second-order valence-electron chi connectivity index (χ2n) is 5.36. The molecule has 0 aromatic carbocycles. The van der Waals surface area contributed by atoms with Crippen molar-refractivity contribution in [3.63, 3.8) is 0 Å². The summed E-state index contributed by atoms with van der Waals surface area (Å²) in [4.78, 5) is 2.40. The van der Waals surface area contributed by atoms with Gasteiger partial charge in [0.15, 0.2) is 0 Å². The lowest BCUT2D eigenvalue weighted by Gasteiger charge is -2.15. The lowest BCUT2D eigenvalue weighted by molar-refractivity contribution is 0.299.